The number of carbonyl (C=O) groups excluding carboxylic acids is 1. The number of benzene rings is 2. The molecule has 0 radical (unpaired) electrons. The molecule has 2 aromatic carbocycles. The van der Waals surface area contributed by atoms with Crippen LogP contribution in [0.25, 0.3) is 10.9 Å². The summed E-state index contributed by atoms with van der Waals surface area (Å²) in [6.45, 7) is 0.428. The van der Waals surface area contributed by atoms with E-state index < -0.39 is 5.97 Å². The Bertz CT molecular complexity index is 1190. The highest BCUT2D eigenvalue weighted by molar-refractivity contribution is 6.04. The van der Waals surface area contributed by atoms with Crippen LogP contribution in [-0.2, 0) is 6.54 Å². The Labute approximate surface area is 164 Å². The highest BCUT2D eigenvalue weighted by Gasteiger charge is 2.12. The Morgan fingerprint density at radius 2 is 1.93 bits per heavy atom. The van der Waals surface area contributed by atoms with Gasteiger partial charge < -0.3 is 15.7 Å². The molecule has 0 bridgehead atoms. The number of rotatable bonds is 6. The van der Waals surface area contributed by atoms with Crippen LogP contribution in [-0.4, -0.2) is 37.1 Å². The topological polar surface area (TPSA) is 133 Å². The minimum Gasteiger partial charge on any atom is -0.478 e. The molecule has 0 atom stereocenters. The lowest BCUT2D eigenvalue weighted by molar-refractivity contribution is 0.0698. The maximum absolute atomic E-state index is 12.1. The number of anilines is 2. The number of para-hydroxylation sites is 1. The van der Waals surface area contributed by atoms with Gasteiger partial charge in [0.2, 0.25) is 0 Å². The molecule has 0 aliphatic heterocycles. The Balaban J connectivity index is 1.52. The second-order valence-corrected chi connectivity index (χ2v) is 6.21. The Hall–Kier alpha value is -4.27. The van der Waals surface area contributed by atoms with Crippen molar-refractivity contribution in [3.8, 4) is 0 Å². The lowest BCUT2D eigenvalue weighted by atomic mass is 10.1. The zero-order valence-electron chi connectivity index (χ0n) is 15.1. The quantitative estimate of drug-likeness (QED) is 0.399. The van der Waals surface area contributed by atoms with Gasteiger partial charge in [-0.2, -0.15) is 5.10 Å². The van der Waals surface area contributed by atoms with E-state index in [1.165, 1.54) is 18.6 Å². The van der Waals surface area contributed by atoms with E-state index in [1.54, 1.807) is 24.3 Å². The normalized spacial score (nSPS) is 10.6. The maximum Gasteiger partial charge on any atom is 0.337 e. The van der Waals surface area contributed by atoms with Crippen molar-refractivity contribution in [2.45, 2.75) is 6.54 Å². The Morgan fingerprint density at radius 3 is 2.72 bits per heavy atom. The van der Waals surface area contributed by atoms with E-state index in [2.05, 4.69) is 30.8 Å². The molecule has 144 valence electrons. The highest BCUT2D eigenvalue weighted by atomic mass is 16.4. The number of nitrogens with zero attached hydrogens (tertiary/aromatic N) is 3. The van der Waals surface area contributed by atoms with Crippen molar-refractivity contribution in [2.24, 2.45) is 0 Å². The van der Waals surface area contributed by atoms with Gasteiger partial charge in [0.15, 0.2) is 0 Å². The number of H-pyrrole nitrogens is 1. The number of fused-ring (bicyclic) bond motifs is 1. The van der Waals surface area contributed by atoms with Crippen LogP contribution >= 0.6 is 0 Å². The van der Waals surface area contributed by atoms with Gasteiger partial charge >= 0.3 is 5.97 Å². The van der Waals surface area contributed by atoms with E-state index in [9.17, 15) is 14.7 Å². The third-order valence-electron chi connectivity index (χ3n) is 4.29. The molecule has 0 fully saturated rings. The summed E-state index contributed by atoms with van der Waals surface area (Å²) >= 11 is 0. The molecule has 4 aromatic rings. The monoisotopic (exact) mass is 388 g/mol. The number of carboxylic acid groups (broad SMARTS) is 1. The van der Waals surface area contributed by atoms with Gasteiger partial charge in [0.1, 0.15) is 17.8 Å². The Kier molecular flexibility index (Phi) is 4.85. The number of carboxylic acids is 1. The number of aromatic amines is 1. The van der Waals surface area contributed by atoms with Gasteiger partial charge in [-0.3, -0.25) is 9.89 Å². The van der Waals surface area contributed by atoms with E-state index in [-0.39, 0.29) is 11.5 Å². The molecule has 9 heteroatoms. The minimum atomic E-state index is -1.04. The molecule has 0 saturated carbocycles. The fourth-order valence-corrected chi connectivity index (χ4v) is 2.93. The number of aromatic nitrogens is 4. The summed E-state index contributed by atoms with van der Waals surface area (Å²) in [5, 5.41) is 22.3. The standard InChI is InChI=1S/C20H16N6O3/c27-19(16-7-8-24-26-16)25-13-4-1-3-12(9-13)10-21-18-14-5-2-6-15(20(28)29)17(14)22-11-23-18/h1-9,11H,10H2,(H,24,26)(H,25,27)(H,28,29)(H,21,22,23). The third-order valence-corrected chi connectivity index (χ3v) is 4.29. The van der Waals surface area contributed by atoms with Gasteiger partial charge in [0, 0.05) is 23.8 Å². The molecule has 0 spiro atoms. The average Bonchev–Trinajstić information content (AvgIpc) is 3.27. The summed E-state index contributed by atoms with van der Waals surface area (Å²) in [6, 6.07) is 13.9. The minimum absolute atomic E-state index is 0.122. The SMILES string of the molecule is O=C(Nc1cccc(CNc2ncnc3c(C(=O)O)cccc23)c1)c1ccn[nH]1. The predicted molar refractivity (Wildman–Crippen MR) is 107 cm³/mol. The van der Waals surface area contributed by atoms with Crippen molar-refractivity contribution in [2.75, 3.05) is 10.6 Å². The number of nitrogens with one attached hydrogen (secondary N) is 3. The van der Waals surface area contributed by atoms with E-state index in [0.717, 1.165) is 5.56 Å². The van der Waals surface area contributed by atoms with Crippen molar-refractivity contribution in [1.82, 2.24) is 20.2 Å². The molecule has 0 saturated heterocycles. The molecule has 0 aliphatic rings. The van der Waals surface area contributed by atoms with E-state index in [0.29, 0.717) is 34.6 Å². The molecular formula is C20H16N6O3. The molecule has 4 rings (SSSR count). The molecule has 2 heterocycles. The van der Waals surface area contributed by atoms with Crippen LogP contribution in [0.3, 0.4) is 0 Å². The van der Waals surface area contributed by atoms with Crippen LogP contribution in [0.15, 0.2) is 61.1 Å². The van der Waals surface area contributed by atoms with E-state index >= 15 is 0 Å². The number of hydrogen-bond acceptors (Lipinski definition) is 6. The average molecular weight is 388 g/mol. The second kappa shape index (κ2) is 7.77. The van der Waals surface area contributed by atoms with Crippen molar-refractivity contribution in [1.29, 1.82) is 0 Å². The lowest BCUT2D eigenvalue weighted by Crippen LogP contribution is -2.12. The molecule has 1 amide bonds. The maximum atomic E-state index is 12.1. The first-order chi connectivity index (χ1) is 14.1. The lowest BCUT2D eigenvalue weighted by Gasteiger charge is -2.11. The number of amides is 1. The molecule has 2 aromatic heterocycles. The number of aromatic carboxylic acids is 1. The summed E-state index contributed by atoms with van der Waals surface area (Å²) in [7, 11) is 0. The first-order valence-electron chi connectivity index (χ1n) is 8.72. The molecule has 9 nitrogen and oxygen atoms in total. The summed E-state index contributed by atoms with van der Waals surface area (Å²) < 4.78 is 0. The van der Waals surface area contributed by atoms with Crippen LogP contribution in [0.4, 0.5) is 11.5 Å². The highest BCUT2D eigenvalue weighted by Crippen LogP contribution is 2.23. The van der Waals surface area contributed by atoms with Crippen molar-refractivity contribution in [3.63, 3.8) is 0 Å². The fraction of sp³-hybridized carbons (Fsp3) is 0.0500. The summed E-state index contributed by atoms with van der Waals surface area (Å²) in [4.78, 5) is 31.9. The summed E-state index contributed by atoms with van der Waals surface area (Å²) in [6.07, 6.45) is 2.84. The van der Waals surface area contributed by atoms with Crippen molar-refractivity contribution >= 4 is 34.3 Å². The van der Waals surface area contributed by atoms with Gasteiger partial charge in [0.05, 0.1) is 11.1 Å². The van der Waals surface area contributed by atoms with Crippen LogP contribution in [0, 0.1) is 0 Å². The van der Waals surface area contributed by atoms with Crippen LogP contribution in [0.5, 0.6) is 0 Å². The van der Waals surface area contributed by atoms with Gasteiger partial charge in [0.25, 0.3) is 5.91 Å². The zero-order chi connectivity index (χ0) is 20.2. The predicted octanol–water partition coefficient (Wildman–Crippen LogP) is 2.92. The van der Waals surface area contributed by atoms with Crippen molar-refractivity contribution in [3.05, 3.63) is 77.9 Å². The van der Waals surface area contributed by atoms with E-state index in [1.807, 2.05) is 18.2 Å². The molecule has 0 unspecified atom stereocenters. The second-order valence-electron chi connectivity index (χ2n) is 6.21. The molecular weight excluding hydrogens is 372 g/mol. The number of hydrogen-bond donors (Lipinski definition) is 4. The number of carbonyl (C=O) groups is 2. The Morgan fingerprint density at radius 1 is 1.07 bits per heavy atom. The van der Waals surface area contributed by atoms with Crippen LogP contribution < -0.4 is 10.6 Å². The summed E-state index contributed by atoms with van der Waals surface area (Å²) in [5.41, 5.74) is 2.42. The van der Waals surface area contributed by atoms with Crippen molar-refractivity contribution < 1.29 is 14.7 Å². The fourth-order valence-electron chi connectivity index (χ4n) is 2.93. The van der Waals surface area contributed by atoms with Gasteiger partial charge in [-0.15, -0.1) is 0 Å². The van der Waals surface area contributed by atoms with Gasteiger partial charge in [-0.05, 0) is 35.9 Å². The first-order valence-corrected chi connectivity index (χ1v) is 8.72. The summed E-state index contributed by atoms with van der Waals surface area (Å²) in [5.74, 6) is -0.790. The third kappa shape index (κ3) is 3.88. The molecule has 29 heavy (non-hydrogen) atoms. The van der Waals surface area contributed by atoms with Gasteiger partial charge in [-0.1, -0.05) is 18.2 Å². The first kappa shape index (κ1) is 18.1. The zero-order valence-corrected chi connectivity index (χ0v) is 15.1. The molecule has 0 aliphatic carbocycles. The van der Waals surface area contributed by atoms with Gasteiger partial charge in [-0.25, -0.2) is 14.8 Å². The van der Waals surface area contributed by atoms with Crippen LogP contribution in [0.2, 0.25) is 0 Å². The smallest absolute Gasteiger partial charge is 0.337 e. The van der Waals surface area contributed by atoms with Crippen LogP contribution in [0.1, 0.15) is 26.4 Å². The molecule has 4 N–H and O–H groups in total. The van der Waals surface area contributed by atoms with E-state index in [4.69, 9.17) is 0 Å². The largest absolute Gasteiger partial charge is 0.478 e.